The molecule has 0 aliphatic rings. The average Bonchev–Trinajstić information content (AvgIpc) is 3.17. The molecule has 0 bridgehead atoms. The van der Waals surface area contributed by atoms with E-state index in [9.17, 15) is 19.2 Å². The summed E-state index contributed by atoms with van der Waals surface area (Å²) >= 11 is 1.22. The van der Waals surface area contributed by atoms with Crippen molar-refractivity contribution in [1.82, 2.24) is 4.98 Å². The number of nitrogens with zero attached hydrogens (tertiary/aromatic N) is 3. The number of benzene rings is 1. The number of primary amides is 1. The number of nitrogens with one attached hydrogen (secondary N) is 1. The normalized spacial score (nSPS) is 12.3. The van der Waals surface area contributed by atoms with Gasteiger partial charge in [-0.15, -0.1) is 11.3 Å². The summed E-state index contributed by atoms with van der Waals surface area (Å²) in [4.78, 5) is 58.5. The number of hydrogen-bond donors (Lipinski definition) is 2. The SMILES string of the molecule is C/C(=N\C(=O)/C(C)=N/C(=O)c1csc(-c2ccc(NC(=O)OC(C)(C)C)cc2)n1)C(N)=O. The van der Waals surface area contributed by atoms with Crippen LogP contribution in [0.1, 0.15) is 45.1 Å². The summed E-state index contributed by atoms with van der Waals surface area (Å²) in [6.07, 6.45) is -0.564. The largest absolute Gasteiger partial charge is 0.444 e. The van der Waals surface area contributed by atoms with Crippen molar-refractivity contribution in [3.8, 4) is 10.6 Å². The Balaban J connectivity index is 2.09. The maximum Gasteiger partial charge on any atom is 0.412 e. The van der Waals surface area contributed by atoms with E-state index in [1.807, 2.05) is 0 Å². The fraction of sp³-hybridized carbons (Fsp3) is 0.286. The molecule has 1 aromatic heterocycles. The van der Waals surface area contributed by atoms with E-state index in [2.05, 4.69) is 20.3 Å². The molecule has 11 heteroatoms. The van der Waals surface area contributed by atoms with Gasteiger partial charge in [0.05, 0.1) is 0 Å². The third-order valence-corrected chi connectivity index (χ3v) is 4.60. The van der Waals surface area contributed by atoms with Crippen molar-refractivity contribution in [2.24, 2.45) is 15.7 Å². The van der Waals surface area contributed by atoms with E-state index in [-0.39, 0.29) is 17.1 Å². The lowest BCUT2D eigenvalue weighted by Crippen LogP contribution is -2.27. The first-order chi connectivity index (χ1) is 14.9. The third-order valence-electron chi connectivity index (χ3n) is 3.71. The molecule has 0 saturated carbocycles. The third kappa shape index (κ3) is 7.20. The van der Waals surface area contributed by atoms with Gasteiger partial charge in [0, 0.05) is 16.6 Å². The zero-order chi connectivity index (χ0) is 24.1. The monoisotopic (exact) mass is 457 g/mol. The van der Waals surface area contributed by atoms with E-state index in [0.29, 0.717) is 10.7 Å². The van der Waals surface area contributed by atoms with Gasteiger partial charge in [-0.1, -0.05) is 0 Å². The molecular weight excluding hydrogens is 434 g/mol. The molecule has 1 heterocycles. The van der Waals surface area contributed by atoms with Crippen LogP contribution in [0.3, 0.4) is 0 Å². The van der Waals surface area contributed by atoms with E-state index < -0.39 is 29.4 Å². The highest BCUT2D eigenvalue weighted by molar-refractivity contribution is 7.13. The van der Waals surface area contributed by atoms with Crippen LogP contribution in [-0.2, 0) is 14.3 Å². The quantitative estimate of drug-likeness (QED) is 0.657. The molecule has 0 unspecified atom stereocenters. The van der Waals surface area contributed by atoms with Gasteiger partial charge in [0.25, 0.3) is 17.7 Å². The van der Waals surface area contributed by atoms with E-state index >= 15 is 0 Å². The molecule has 10 nitrogen and oxygen atoms in total. The number of hydrogen-bond acceptors (Lipinski definition) is 7. The maximum absolute atomic E-state index is 12.3. The van der Waals surface area contributed by atoms with Gasteiger partial charge in [0.15, 0.2) is 0 Å². The zero-order valence-electron chi connectivity index (χ0n) is 18.3. The predicted octanol–water partition coefficient (Wildman–Crippen LogP) is 3.23. The Morgan fingerprint density at radius 3 is 2.22 bits per heavy atom. The lowest BCUT2D eigenvalue weighted by atomic mass is 10.2. The Morgan fingerprint density at radius 1 is 1.03 bits per heavy atom. The topological polar surface area (TPSA) is 153 Å². The maximum atomic E-state index is 12.3. The fourth-order valence-electron chi connectivity index (χ4n) is 2.17. The number of aromatic nitrogens is 1. The number of anilines is 1. The van der Waals surface area contributed by atoms with Crippen LogP contribution in [0.2, 0.25) is 0 Å². The summed E-state index contributed by atoms with van der Waals surface area (Å²) < 4.78 is 5.20. The Labute approximate surface area is 188 Å². The fourth-order valence-corrected chi connectivity index (χ4v) is 2.97. The summed E-state index contributed by atoms with van der Waals surface area (Å²) in [6, 6.07) is 6.84. The van der Waals surface area contributed by atoms with Gasteiger partial charge >= 0.3 is 6.09 Å². The number of carbonyl (C=O) groups excluding carboxylic acids is 4. The van der Waals surface area contributed by atoms with Gasteiger partial charge in [-0.2, -0.15) is 0 Å². The molecule has 0 saturated heterocycles. The molecule has 0 aliphatic carbocycles. The van der Waals surface area contributed by atoms with Crippen molar-refractivity contribution in [2.45, 2.75) is 40.2 Å². The second-order valence-electron chi connectivity index (χ2n) is 7.61. The van der Waals surface area contributed by atoms with Crippen LogP contribution in [-0.4, -0.2) is 45.8 Å². The molecule has 2 aromatic rings. The molecule has 4 amide bonds. The number of amides is 4. The highest BCUT2D eigenvalue weighted by atomic mass is 32.1. The van der Waals surface area contributed by atoms with Gasteiger partial charge in [-0.05, 0) is 58.9 Å². The summed E-state index contributed by atoms with van der Waals surface area (Å²) in [6.45, 7) is 7.91. The first kappa shape index (κ1) is 24.5. The van der Waals surface area contributed by atoms with Crippen molar-refractivity contribution in [3.05, 3.63) is 35.3 Å². The number of rotatable bonds is 5. The molecule has 0 spiro atoms. The Hall–Kier alpha value is -3.73. The molecule has 3 N–H and O–H groups in total. The van der Waals surface area contributed by atoms with Crippen molar-refractivity contribution < 1.29 is 23.9 Å². The van der Waals surface area contributed by atoms with E-state index in [4.69, 9.17) is 10.5 Å². The van der Waals surface area contributed by atoms with E-state index in [0.717, 1.165) is 5.56 Å². The minimum Gasteiger partial charge on any atom is -0.444 e. The summed E-state index contributed by atoms with van der Waals surface area (Å²) in [7, 11) is 0. The number of ether oxygens (including phenoxy) is 1. The van der Waals surface area contributed by atoms with Crippen LogP contribution >= 0.6 is 11.3 Å². The minimum absolute atomic E-state index is 0.0590. The van der Waals surface area contributed by atoms with Crippen LogP contribution in [0.25, 0.3) is 10.6 Å². The van der Waals surface area contributed by atoms with Gasteiger partial charge in [-0.25, -0.2) is 19.8 Å². The number of carbonyl (C=O) groups is 4. The van der Waals surface area contributed by atoms with Crippen LogP contribution in [0.5, 0.6) is 0 Å². The zero-order valence-corrected chi connectivity index (χ0v) is 19.1. The average molecular weight is 458 g/mol. The minimum atomic E-state index is -0.839. The molecular formula is C21H23N5O5S. The van der Waals surface area contributed by atoms with Gasteiger partial charge in [-0.3, -0.25) is 19.7 Å². The van der Waals surface area contributed by atoms with E-state index in [1.54, 1.807) is 45.0 Å². The lowest BCUT2D eigenvalue weighted by Gasteiger charge is -2.19. The molecule has 2 rings (SSSR count). The standard InChI is InChI=1S/C21H23N5O5S/c1-11(16(22)27)23-17(28)12(2)24-18(29)15-10-32-19(26-15)13-6-8-14(9-7-13)25-20(30)31-21(3,4)5/h6-10H,1-5H3,(H2,22,27)(H,25,30)/b23-11+,24-12+. The van der Waals surface area contributed by atoms with Gasteiger partial charge in [0.1, 0.15) is 27.7 Å². The van der Waals surface area contributed by atoms with Crippen molar-refractivity contribution in [3.63, 3.8) is 0 Å². The van der Waals surface area contributed by atoms with Crippen LogP contribution < -0.4 is 11.1 Å². The van der Waals surface area contributed by atoms with Crippen LogP contribution in [0.4, 0.5) is 10.5 Å². The molecule has 0 radical (unpaired) electrons. The molecule has 1 aromatic carbocycles. The number of aliphatic imine (C=N–C) groups is 2. The van der Waals surface area contributed by atoms with E-state index in [1.165, 1.54) is 30.6 Å². The predicted molar refractivity (Wildman–Crippen MR) is 122 cm³/mol. The summed E-state index contributed by atoms with van der Waals surface area (Å²) in [5.41, 5.74) is 5.37. The van der Waals surface area contributed by atoms with Gasteiger partial charge in [0.2, 0.25) is 0 Å². The van der Waals surface area contributed by atoms with Crippen molar-refractivity contribution in [2.75, 3.05) is 5.32 Å². The Morgan fingerprint density at radius 2 is 1.66 bits per heavy atom. The highest BCUT2D eigenvalue weighted by Gasteiger charge is 2.17. The van der Waals surface area contributed by atoms with Crippen LogP contribution in [0, 0.1) is 0 Å². The molecule has 168 valence electrons. The molecule has 0 fully saturated rings. The summed E-state index contributed by atoms with van der Waals surface area (Å²) in [5.74, 6) is -2.39. The highest BCUT2D eigenvalue weighted by Crippen LogP contribution is 2.25. The van der Waals surface area contributed by atoms with Crippen molar-refractivity contribution in [1.29, 1.82) is 0 Å². The smallest absolute Gasteiger partial charge is 0.412 e. The van der Waals surface area contributed by atoms with Crippen LogP contribution in [0.15, 0.2) is 39.6 Å². The second kappa shape index (κ2) is 10.1. The first-order valence-electron chi connectivity index (χ1n) is 9.40. The molecule has 0 aliphatic heterocycles. The van der Waals surface area contributed by atoms with Crippen molar-refractivity contribution >= 4 is 52.3 Å². The molecule has 0 atom stereocenters. The Bertz CT molecular complexity index is 1110. The lowest BCUT2D eigenvalue weighted by molar-refractivity contribution is -0.114. The number of thiazole rings is 1. The first-order valence-corrected chi connectivity index (χ1v) is 10.3. The Kier molecular flexibility index (Phi) is 7.71. The van der Waals surface area contributed by atoms with Gasteiger partial charge < -0.3 is 10.5 Å². The summed E-state index contributed by atoms with van der Waals surface area (Å²) in [5, 5.41) is 4.70. The number of nitrogens with two attached hydrogens (primary N) is 1. The molecule has 32 heavy (non-hydrogen) atoms. The second-order valence-corrected chi connectivity index (χ2v) is 8.47.